The maximum atomic E-state index is 12.6. The van der Waals surface area contributed by atoms with Gasteiger partial charge in [-0.2, -0.15) is 0 Å². The Bertz CT molecular complexity index is 1290. The number of amides is 1. The molecule has 0 atom stereocenters. The van der Waals surface area contributed by atoms with Crippen molar-refractivity contribution in [3.63, 3.8) is 0 Å². The molecule has 1 amide bonds. The van der Waals surface area contributed by atoms with Crippen molar-refractivity contribution in [2.24, 2.45) is 0 Å². The van der Waals surface area contributed by atoms with E-state index < -0.39 is 5.97 Å². The SMILES string of the molecule is CC(=O)Oc1ccccc1C(=O)NCc1ccc(-n2[se]c3ccccc3c2=O)cc1. The molecule has 6 nitrogen and oxygen atoms in total. The molecule has 150 valence electrons. The van der Waals surface area contributed by atoms with E-state index in [0.29, 0.717) is 12.1 Å². The van der Waals surface area contributed by atoms with Gasteiger partial charge >= 0.3 is 167 Å². The molecule has 7 heteroatoms. The molecule has 0 bridgehead atoms. The number of fused-ring (bicyclic) bond motifs is 1. The van der Waals surface area contributed by atoms with Gasteiger partial charge < -0.3 is 0 Å². The molecule has 0 spiro atoms. The van der Waals surface area contributed by atoms with E-state index in [1.54, 1.807) is 27.8 Å². The summed E-state index contributed by atoms with van der Waals surface area (Å²) in [7, 11) is 0. The molecule has 3 aromatic carbocycles. The van der Waals surface area contributed by atoms with Gasteiger partial charge in [0.05, 0.1) is 0 Å². The van der Waals surface area contributed by atoms with Gasteiger partial charge in [-0.25, -0.2) is 0 Å². The van der Waals surface area contributed by atoms with E-state index in [9.17, 15) is 14.4 Å². The second kappa shape index (κ2) is 8.53. The summed E-state index contributed by atoms with van der Waals surface area (Å²) >= 11 is -0.0795. The van der Waals surface area contributed by atoms with Crippen LogP contribution in [0.25, 0.3) is 15.3 Å². The number of esters is 1. The average molecular weight is 465 g/mol. The van der Waals surface area contributed by atoms with Crippen molar-refractivity contribution < 1.29 is 14.3 Å². The molecule has 0 unspecified atom stereocenters. The van der Waals surface area contributed by atoms with Gasteiger partial charge in [-0.3, -0.25) is 4.79 Å². The Balaban J connectivity index is 1.48. The summed E-state index contributed by atoms with van der Waals surface area (Å²) in [6.07, 6.45) is 0. The van der Waals surface area contributed by atoms with E-state index in [-0.39, 0.29) is 31.9 Å². The Hall–Kier alpha value is -3.41. The fourth-order valence-corrected chi connectivity index (χ4v) is 5.16. The summed E-state index contributed by atoms with van der Waals surface area (Å²) < 4.78 is 7.97. The van der Waals surface area contributed by atoms with Crippen molar-refractivity contribution in [3.8, 4) is 11.4 Å². The summed E-state index contributed by atoms with van der Waals surface area (Å²) in [4.78, 5) is 36.3. The molecule has 0 aliphatic rings. The van der Waals surface area contributed by atoms with E-state index in [1.165, 1.54) is 6.92 Å². The fraction of sp³-hybridized carbons (Fsp3) is 0.0870. The summed E-state index contributed by atoms with van der Waals surface area (Å²) in [6, 6.07) is 21.8. The monoisotopic (exact) mass is 466 g/mol. The van der Waals surface area contributed by atoms with Gasteiger partial charge in [-0.15, -0.1) is 0 Å². The molecule has 1 heterocycles. The third-order valence-corrected chi connectivity index (χ3v) is 6.83. The van der Waals surface area contributed by atoms with Crippen LogP contribution in [0.5, 0.6) is 5.75 Å². The van der Waals surface area contributed by atoms with E-state index in [0.717, 1.165) is 20.9 Å². The van der Waals surface area contributed by atoms with Crippen molar-refractivity contribution in [2.45, 2.75) is 13.5 Å². The number of nitrogens with one attached hydrogen (secondary N) is 1. The van der Waals surface area contributed by atoms with Gasteiger partial charge in [-0.1, -0.05) is 0 Å². The van der Waals surface area contributed by atoms with Crippen LogP contribution in [0.3, 0.4) is 0 Å². The first-order chi connectivity index (χ1) is 14.5. The average Bonchev–Trinajstić information content (AvgIpc) is 3.09. The van der Waals surface area contributed by atoms with Crippen molar-refractivity contribution in [3.05, 3.63) is 94.3 Å². The first-order valence-electron chi connectivity index (χ1n) is 9.29. The number of aromatic nitrogens is 1. The molecule has 4 rings (SSSR count). The molecule has 0 aliphatic carbocycles. The number of rotatable bonds is 5. The van der Waals surface area contributed by atoms with Crippen LogP contribution < -0.4 is 15.6 Å². The van der Waals surface area contributed by atoms with Crippen LogP contribution in [0.15, 0.2) is 77.6 Å². The molecule has 0 aliphatic heterocycles. The second-order valence-corrected chi connectivity index (χ2v) is 8.70. The van der Waals surface area contributed by atoms with Crippen LogP contribution >= 0.6 is 0 Å². The normalized spacial score (nSPS) is 10.7. The van der Waals surface area contributed by atoms with Crippen LogP contribution in [0.1, 0.15) is 22.8 Å². The fourth-order valence-electron chi connectivity index (χ4n) is 3.07. The number of carbonyl (C=O) groups excluding carboxylic acids is 2. The van der Waals surface area contributed by atoms with Gasteiger partial charge in [0.25, 0.3) is 0 Å². The third kappa shape index (κ3) is 4.13. The summed E-state index contributed by atoms with van der Waals surface area (Å²) in [6.45, 7) is 1.61. The van der Waals surface area contributed by atoms with Crippen molar-refractivity contribution >= 4 is 36.3 Å². The minimum atomic E-state index is -0.481. The molecular weight excluding hydrogens is 447 g/mol. The number of carbonyl (C=O) groups is 2. The first-order valence-corrected chi connectivity index (χ1v) is 10.9. The van der Waals surface area contributed by atoms with Gasteiger partial charge in [-0.05, 0) is 0 Å². The number of para-hydroxylation sites is 1. The topological polar surface area (TPSA) is 77.4 Å². The Kier molecular flexibility index (Phi) is 5.65. The molecule has 1 N–H and O–H groups in total. The predicted octanol–water partition coefficient (Wildman–Crippen LogP) is 2.90. The third-order valence-electron chi connectivity index (χ3n) is 4.50. The second-order valence-electron chi connectivity index (χ2n) is 6.63. The first kappa shape index (κ1) is 19.9. The van der Waals surface area contributed by atoms with Crippen LogP contribution in [0.2, 0.25) is 0 Å². The summed E-state index contributed by atoms with van der Waals surface area (Å²) in [5.41, 5.74) is 2.06. The van der Waals surface area contributed by atoms with E-state index >= 15 is 0 Å². The van der Waals surface area contributed by atoms with E-state index in [1.807, 2.05) is 48.5 Å². The molecule has 30 heavy (non-hydrogen) atoms. The van der Waals surface area contributed by atoms with Gasteiger partial charge in [0, 0.05) is 6.92 Å². The molecule has 1 aromatic heterocycles. The number of nitrogens with zero attached hydrogens (tertiary/aromatic N) is 1. The molecular formula is C23H18N2O4Se. The maximum absolute atomic E-state index is 12.6. The van der Waals surface area contributed by atoms with Crippen molar-refractivity contribution in [2.75, 3.05) is 0 Å². The van der Waals surface area contributed by atoms with Crippen LogP contribution in [0.4, 0.5) is 0 Å². The van der Waals surface area contributed by atoms with E-state index in [2.05, 4.69) is 5.32 Å². The van der Waals surface area contributed by atoms with Crippen LogP contribution in [-0.2, 0) is 11.3 Å². The standard InChI is InChI=1S/C23H18N2O4Se/c1-15(26)29-20-8-4-2-6-18(20)22(27)24-14-16-10-12-17(13-11-16)25-23(28)19-7-3-5-9-21(19)30-25/h2-13H,14H2,1H3,(H,24,27). The molecule has 0 radical (unpaired) electrons. The molecule has 4 aromatic rings. The predicted molar refractivity (Wildman–Crippen MR) is 115 cm³/mol. The summed E-state index contributed by atoms with van der Waals surface area (Å²) in [5.74, 6) is -0.581. The van der Waals surface area contributed by atoms with Crippen molar-refractivity contribution in [1.29, 1.82) is 0 Å². The molecule has 0 fully saturated rings. The Morgan fingerprint density at radius 3 is 2.40 bits per heavy atom. The molecule has 0 saturated heterocycles. The van der Waals surface area contributed by atoms with Crippen LogP contribution in [0, 0.1) is 0 Å². The number of ether oxygens (including phenoxy) is 1. The van der Waals surface area contributed by atoms with Gasteiger partial charge in [0.15, 0.2) is 0 Å². The Morgan fingerprint density at radius 2 is 1.67 bits per heavy atom. The van der Waals surface area contributed by atoms with Crippen molar-refractivity contribution in [1.82, 2.24) is 8.88 Å². The molecule has 0 saturated carbocycles. The summed E-state index contributed by atoms with van der Waals surface area (Å²) in [5, 5.41) is 3.60. The Labute approximate surface area is 178 Å². The minimum absolute atomic E-state index is 0.0220. The number of hydrogen-bond acceptors (Lipinski definition) is 4. The van der Waals surface area contributed by atoms with Gasteiger partial charge in [0.2, 0.25) is 0 Å². The zero-order valence-electron chi connectivity index (χ0n) is 16.1. The zero-order valence-corrected chi connectivity index (χ0v) is 17.8. The van der Waals surface area contributed by atoms with Crippen LogP contribution in [-0.4, -0.2) is 30.2 Å². The number of benzene rings is 3. The van der Waals surface area contributed by atoms with E-state index in [4.69, 9.17) is 4.74 Å². The quantitative estimate of drug-likeness (QED) is 0.279. The number of hydrogen-bond donors (Lipinski definition) is 1. The Morgan fingerprint density at radius 1 is 0.967 bits per heavy atom. The van der Waals surface area contributed by atoms with Gasteiger partial charge in [0.1, 0.15) is 0 Å². The zero-order chi connectivity index (χ0) is 21.1.